The van der Waals surface area contributed by atoms with Crippen LogP contribution >= 0.6 is 0 Å². The van der Waals surface area contributed by atoms with Gasteiger partial charge in [-0.2, -0.15) is 0 Å². The van der Waals surface area contributed by atoms with Gasteiger partial charge in [-0.25, -0.2) is 0 Å². The van der Waals surface area contributed by atoms with Gasteiger partial charge in [0, 0.05) is 6.54 Å². The van der Waals surface area contributed by atoms with Crippen molar-refractivity contribution < 1.29 is 4.79 Å². The highest BCUT2D eigenvalue weighted by Crippen LogP contribution is 2.33. The monoisotopic (exact) mass is 216 g/mol. The van der Waals surface area contributed by atoms with E-state index in [0.29, 0.717) is 13.0 Å². The van der Waals surface area contributed by atoms with Crippen LogP contribution in [0.1, 0.15) is 31.2 Å². The fourth-order valence-corrected chi connectivity index (χ4v) is 1.82. The number of carbonyl (C=O) groups excluding carboxylic acids is 1. The number of benzene rings is 1. The Morgan fingerprint density at radius 3 is 2.69 bits per heavy atom. The van der Waals surface area contributed by atoms with E-state index in [0.717, 1.165) is 17.9 Å². The third-order valence-electron chi connectivity index (χ3n) is 2.95. The van der Waals surface area contributed by atoms with E-state index in [4.69, 9.17) is 0 Å². The van der Waals surface area contributed by atoms with Crippen molar-refractivity contribution in [2.45, 2.75) is 32.1 Å². The summed E-state index contributed by atoms with van der Waals surface area (Å²) in [4.78, 5) is 11.5. The summed E-state index contributed by atoms with van der Waals surface area (Å²) in [6.45, 7) is 0.710. The van der Waals surface area contributed by atoms with Crippen LogP contribution < -0.4 is 5.32 Å². The SMILES string of the molecule is O=C(Cc1ccccc1)[N]CCCC1CC1. The van der Waals surface area contributed by atoms with E-state index in [1.54, 1.807) is 0 Å². The van der Waals surface area contributed by atoms with E-state index in [1.807, 2.05) is 30.3 Å². The molecule has 1 radical (unpaired) electrons. The maximum Gasteiger partial charge on any atom is 0.245 e. The number of nitrogens with zero attached hydrogens (tertiary/aromatic N) is 1. The molecule has 1 aliphatic carbocycles. The Bertz CT molecular complexity index is 330. The van der Waals surface area contributed by atoms with Crippen molar-refractivity contribution in [3.63, 3.8) is 0 Å². The van der Waals surface area contributed by atoms with Crippen molar-refractivity contribution in [3.8, 4) is 0 Å². The maximum atomic E-state index is 11.5. The molecular weight excluding hydrogens is 198 g/mol. The van der Waals surface area contributed by atoms with Gasteiger partial charge in [-0.05, 0) is 24.3 Å². The predicted molar refractivity (Wildman–Crippen MR) is 64.1 cm³/mol. The van der Waals surface area contributed by atoms with Crippen LogP contribution in [0.25, 0.3) is 0 Å². The Morgan fingerprint density at radius 1 is 1.25 bits per heavy atom. The summed E-state index contributed by atoms with van der Waals surface area (Å²) >= 11 is 0. The van der Waals surface area contributed by atoms with Crippen LogP contribution in [0.4, 0.5) is 0 Å². The van der Waals surface area contributed by atoms with E-state index >= 15 is 0 Å². The molecule has 1 aromatic carbocycles. The lowest BCUT2D eigenvalue weighted by atomic mass is 10.1. The second kappa shape index (κ2) is 5.69. The number of amides is 1. The lowest BCUT2D eigenvalue weighted by molar-refractivity contribution is -0.120. The number of rotatable bonds is 6. The van der Waals surface area contributed by atoms with Crippen LogP contribution in [0.2, 0.25) is 0 Å². The van der Waals surface area contributed by atoms with Crippen molar-refractivity contribution in [2.75, 3.05) is 6.54 Å². The van der Waals surface area contributed by atoms with Gasteiger partial charge in [0.15, 0.2) is 0 Å². The van der Waals surface area contributed by atoms with Crippen molar-refractivity contribution >= 4 is 5.91 Å². The zero-order valence-corrected chi connectivity index (χ0v) is 9.56. The van der Waals surface area contributed by atoms with Crippen LogP contribution in [0, 0.1) is 5.92 Å². The molecule has 0 aromatic heterocycles. The molecule has 0 heterocycles. The average molecular weight is 216 g/mol. The molecule has 1 aromatic rings. The van der Waals surface area contributed by atoms with Crippen molar-refractivity contribution in [1.82, 2.24) is 5.32 Å². The highest BCUT2D eigenvalue weighted by atomic mass is 16.1. The van der Waals surface area contributed by atoms with Gasteiger partial charge >= 0.3 is 0 Å². The largest absolute Gasteiger partial charge is 0.273 e. The van der Waals surface area contributed by atoms with Gasteiger partial charge in [0.1, 0.15) is 0 Å². The highest BCUT2D eigenvalue weighted by Gasteiger charge is 2.20. The van der Waals surface area contributed by atoms with Gasteiger partial charge in [0.05, 0.1) is 6.42 Å². The first kappa shape index (κ1) is 11.2. The molecule has 0 unspecified atom stereocenters. The summed E-state index contributed by atoms with van der Waals surface area (Å²) in [6, 6.07) is 9.81. The minimum absolute atomic E-state index is 0.0157. The Balaban J connectivity index is 1.60. The van der Waals surface area contributed by atoms with Crippen molar-refractivity contribution in [1.29, 1.82) is 0 Å². The smallest absolute Gasteiger partial charge is 0.245 e. The zero-order valence-electron chi connectivity index (χ0n) is 9.56. The Morgan fingerprint density at radius 2 is 2.00 bits per heavy atom. The first-order valence-corrected chi connectivity index (χ1v) is 6.09. The van der Waals surface area contributed by atoms with Gasteiger partial charge in [-0.15, -0.1) is 0 Å². The molecule has 2 nitrogen and oxygen atoms in total. The molecule has 0 N–H and O–H groups in total. The van der Waals surface area contributed by atoms with Gasteiger partial charge in [-0.3, -0.25) is 10.1 Å². The van der Waals surface area contributed by atoms with Gasteiger partial charge in [0.25, 0.3) is 0 Å². The molecule has 2 rings (SSSR count). The molecule has 1 fully saturated rings. The summed E-state index contributed by atoms with van der Waals surface area (Å²) in [6.07, 6.45) is 5.55. The first-order chi connectivity index (χ1) is 7.84. The summed E-state index contributed by atoms with van der Waals surface area (Å²) < 4.78 is 0. The maximum absolute atomic E-state index is 11.5. The zero-order chi connectivity index (χ0) is 11.2. The van der Waals surface area contributed by atoms with Crippen LogP contribution in [0.5, 0.6) is 0 Å². The molecule has 1 saturated carbocycles. The summed E-state index contributed by atoms with van der Waals surface area (Å²) in [5.74, 6) is 0.960. The third-order valence-corrected chi connectivity index (χ3v) is 2.95. The molecular formula is C14H18NO. The van der Waals surface area contributed by atoms with E-state index < -0.39 is 0 Å². The molecule has 16 heavy (non-hydrogen) atoms. The van der Waals surface area contributed by atoms with Crippen molar-refractivity contribution in [3.05, 3.63) is 35.9 Å². The van der Waals surface area contributed by atoms with E-state index in [1.165, 1.54) is 19.3 Å². The topological polar surface area (TPSA) is 31.2 Å². The molecule has 1 amide bonds. The molecule has 0 bridgehead atoms. The second-order valence-corrected chi connectivity index (χ2v) is 4.52. The molecule has 0 aliphatic heterocycles. The Hall–Kier alpha value is -1.31. The molecule has 1 aliphatic rings. The second-order valence-electron chi connectivity index (χ2n) is 4.52. The predicted octanol–water partition coefficient (Wildman–Crippen LogP) is 2.55. The number of hydrogen-bond acceptors (Lipinski definition) is 1. The minimum Gasteiger partial charge on any atom is -0.273 e. The van der Waals surface area contributed by atoms with Crippen LogP contribution in [-0.2, 0) is 11.2 Å². The summed E-state index contributed by atoms with van der Waals surface area (Å²) in [5.41, 5.74) is 1.05. The van der Waals surface area contributed by atoms with Gasteiger partial charge < -0.3 is 0 Å². The first-order valence-electron chi connectivity index (χ1n) is 6.09. The molecule has 0 saturated heterocycles. The molecule has 0 spiro atoms. The standard InChI is InChI=1S/C14H18NO/c16-14(11-13-5-2-1-3-6-13)15-10-4-7-12-8-9-12/h1-3,5-6,12H,4,7-11H2. The van der Waals surface area contributed by atoms with E-state index in [2.05, 4.69) is 5.32 Å². The Labute approximate surface area is 97.1 Å². The average Bonchev–Trinajstić information content (AvgIpc) is 3.10. The van der Waals surface area contributed by atoms with Gasteiger partial charge in [-0.1, -0.05) is 43.2 Å². The number of hydrogen-bond donors (Lipinski definition) is 0. The Kier molecular flexibility index (Phi) is 3.97. The van der Waals surface area contributed by atoms with Crippen LogP contribution in [-0.4, -0.2) is 12.5 Å². The van der Waals surface area contributed by atoms with Gasteiger partial charge in [0.2, 0.25) is 5.91 Å². The fourth-order valence-electron chi connectivity index (χ4n) is 1.82. The quantitative estimate of drug-likeness (QED) is 0.672. The highest BCUT2D eigenvalue weighted by molar-refractivity contribution is 5.78. The molecule has 2 heteroatoms. The lowest BCUT2D eigenvalue weighted by Crippen LogP contribution is -2.18. The molecule has 0 atom stereocenters. The van der Waals surface area contributed by atoms with Crippen LogP contribution in [0.3, 0.4) is 0 Å². The lowest BCUT2D eigenvalue weighted by Gasteiger charge is -2.02. The fraction of sp³-hybridized carbons (Fsp3) is 0.500. The number of carbonyl (C=O) groups is 1. The van der Waals surface area contributed by atoms with Crippen LogP contribution in [0.15, 0.2) is 30.3 Å². The molecule has 85 valence electrons. The normalized spacial score (nSPS) is 14.8. The third kappa shape index (κ3) is 4.05. The summed E-state index contributed by atoms with van der Waals surface area (Å²) in [7, 11) is 0. The minimum atomic E-state index is 0.0157. The van der Waals surface area contributed by atoms with E-state index in [9.17, 15) is 4.79 Å². The van der Waals surface area contributed by atoms with Crippen molar-refractivity contribution in [2.24, 2.45) is 5.92 Å². The summed E-state index contributed by atoms with van der Waals surface area (Å²) in [5, 5.41) is 4.08. The van der Waals surface area contributed by atoms with E-state index in [-0.39, 0.29) is 5.91 Å².